The van der Waals surface area contributed by atoms with Crippen molar-refractivity contribution in [1.29, 1.82) is 5.41 Å². The summed E-state index contributed by atoms with van der Waals surface area (Å²) in [5.74, 6) is 1.47. The smallest absolute Gasteiger partial charge is 0.230 e. The number of rotatable bonds is 5. The minimum Gasteiger partial charge on any atom is -0.393 e. The molecule has 24 heavy (non-hydrogen) atoms. The van der Waals surface area contributed by atoms with Crippen molar-refractivity contribution in [3.63, 3.8) is 0 Å². The number of aromatic nitrogens is 2. The van der Waals surface area contributed by atoms with Gasteiger partial charge in [-0.1, -0.05) is 17.3 Å². The minimum atomic E-state index is -0.193. The SMILES string of the molecule is CC(C)Nc1cc(-c2noc(C3CCC(O)CC3)n2)ccc1C=N. The molecule has 0 bridgehead atoms. The molecule has 0 aliphatic heterocycles. The summed E-state index contributed by atoms with van der Waals surface area (Å²) in [6.45, 7) is 4.12. The number of anilines is 1. The molecule has 0 saturated heterocycles. The van der Waals surface area contributed by atoms with Crippen LogP contribution in [0.2, 0.25) is 0 Å². The Morgan fingerprint density at radius 3 is 2.71 bits per heavy atom. The van der Waals surface area contributed by atoms with Crippen LogP contribution in [-0.4, -0.2) is 33.6 Å². The number of hydrogen-bond donors (Lipinski definition) is 3. The third kappa shape index (κ3) is 3.64. The van der Waals surface area contributed by atoms with Gasteiger partial charge in [0.25, 0.3) is 0 Å². The highest BCUT2D eigenvalue weighted by Gasteiger charge is 2.25. The lowest BCUT2D eigenvalue weighted by molar-refractivity contribution is 0.116. The summed E-state index contributed by atoms with van der Waals surface area (Å²) in [6.07, 6.45) is 4.49. The predicted octanol–water partition coefficient (Wildman–Crippen LogP) is 3.57. The molecule has 128 valence electrons. The van der Waals surface area contributed by atoms with Crippen LogP contribution >= 0.6 is 0 Å². The van der Waals surface area contributed by atoms with E-state index in [2.05, 4.69) is 29.3 Å². The van der Waals surface area contributed by atoms with Crippen molar-refractivity contribution in [2.45, 2.75) is 57.6 Å². The van der Waals surface area contributed by atoms with Gasteiger partial charge in [0.2, 0.25) is 11.7 Å². The molecular weight excluding hydrogens is 304 g/mol. The molecule has 1 aromatic heterocycles. The molecule has 1 aliphatic carbocycles. The summed E-state index contributed by atoms with van der Waals surface area (Å²) in [4.78, 5) is 4.56. The fourth-order valence-electron chi connectivity index (χ4n) is 3.10. The molecule has 6 heteroatoms. The van der Waals surface area contributed by atoms with Gasteiger partial charge in [0.1, 0.15) is 0 Å². The molecule has 2 aromatic rings. The topological polar surface area (TPSA) is 95.0 Å². The number of aliphatic hydroxyl groups excluding tert-OH is 1. The van der Waals surface area contributed by atoms with Gasteiger partial charge in [0, 0.05) is 35.0 Å². The van der Waals surface area contributed by atoms with Crippen LogP contribution in [0.5, 0.6) is 0 Å². The number of aliphatic hydroxyl groups is 1. The van der Waals surface area contributed by atoms with Crippen LogP contribution in [0.4, 0.5) is 5.69 Å². The second kappa shape index (κ2) is 7.13. The first kappa shape index (κ1) is 16.6. The molecule has 3 N–H and O–H groups in total. The van der Waals surface area contributed by atoms with E-state index < -0.39 is 0 Å². The van der Waals surface area contributed by atoms with E-state index in [4.69, 9.17) is 9.93 Å². The maximum atomic E-state index is 9.62. The zero-order valence-corrected chi connectivity index (χ0v) is 14.1. The van der Waals surface area contributed by atoms with E-state index in [9.17, 15) is 5.11 Å². The Morgan fingerprint density at radius 1 is 1.29 bits per heavy atom. The minimum absolute atomic E-state index is 0.193. The summed E-state index contributed by atoms with van der Waals surface area (Å²) in [7, 11) is 0. The van der Waals surface area contributed by atoms with Crippen molar-refractivity contribution < 1.29 is 9.63 Å². The molecule has 1 saturated carbocycles. The van der Waals surface area contributed by atoms with Crippen LogP contribution in [0, 0.1) is 5.41 Å². The highest BCUT2D eigenvalue weighted by atomic mass is 16.5. The molecule has 0 amide bonds. The average molecular weight is 328 g/mol. The van der Waals surface area contributed by atoms with Crippen LogP contribution in [0.3, 0.4) is 0 Å². The van der Waals surface area contributed by atoms with E-state index in [0.29, 0.717) is 11.7 Å². The number of nitrogens with zero attached hydrogens (tertiary/aromatic N) is 2. The molecular formula is C18H24N4O2. The van der Waals surface area contributed by atoms with Crippen LogP contribution in [-0.2, 0) is 0 Å². The highest BCUT2D eigenvalue weighted by molar-refractivity contribution is 5.87. The van der Waals surface area contributed by atoms with E-state index in [1.807, 2.05) is 18.2 Å². The Balaban J connectivity index is 1.83. The largest absolute Gasteiger partial charge is 0.393 e. The van der Waals surface area contributed by atoms with E-state index in [1.54, 1.807) is 0 Å². The van der Waals surface area contributed by atoms with Gasteiger partial charge >= 0.3 is 0 Å². The van der Waals surface area contributed by atoms with Gasteiger partial charge < -0.3 is 20.4 Å². The van der Waals surface area contributed by atoms with Crippen molar-refractivity contribution in [2.75, 3.05) is 5.32 Å². The van der Waals surface area contributed by atoms with Gasteiger partial charge in [-0.05, 0) is 45.6 Å². The summed E-state index contributed by atoms with van der Waals surface area (Å²) in [6, 6.07) is 6.03. The summed E-state index contributed by atoms with van der Waals surface area (Å²) in [5.41, 5.74) is 2.59. The monoisotopic (exact) mass is 328 g/mol. The van der Waals surface area contributed by atoms with Gasteiger partial charge in [-0.25, -0.2) is 0 Å². The first-order valence-electron chi connectivity index (χ1n) is 8.50. The van der Waals surface area contributed by atoms with Crippen LogP contribution < -0.4 is 5.32 Å². The fourth-order valence-corrected chi connectivity index (χ4v) is 3.10. The lowest BCUT2D eigenvalue weighted by atomic mass is 9.87. The van der Waals surface area contributed by atoms with Crippen molar-refractivity contribution in [3.8, 4) is 11.4 Å². The van der Waals surface area contributed by atoms with Crippen molar-refractivity contribution in [3.05, 3.63) is 29.7 Å². The first-order valence-corrected chi connectivity index (χ1v) is 8.50. The van der Waals surface area contributed by atoms with Crippen LogP contribution in [0.15, 0.2) is 22.7 Å². The summed E-state index contributed by atoms with van der Waals surface area (Å²) >= 11 is 0. The second-order valence-electron chi connectivity index (χ2n) is 6.71. The molecule has 1 heterocycles. The Labute approximate surface area is 141 Å². The van der Waals surface area contributed by atoms with Crippen molar-refractivity contribution in [1.82, 2.24) is 10.1 Å². The second-order valence-corrected chi connectivity index (χ2v) is 6.71. The first-order chi connectivity index (χ1) is 11.6. The molecule has 0 atom stereocenters. The standard InChI is InChI=1S/C18H24N4O2/c1-11(2)20-16-9-13(3-4-14(16)10-19)17-21-18(24-22-17)12-5-7-15(23)8-6-12/h3-4,9-12,15,19-20,23H,5-8H2,1-2H3. The molecule has 0 unspecified atom stereocenters. The summed E-state index contributed by atoms with van der Waals surface area (Å²) in [5, 5.41) is 24.6. The Morgan fingerprint density at radius 2 is 2.04 bits per heavy atom. The van der Waals surface area contributed by atoms with Crippen LogP contribution in [0.25, 0.3) is 11.4 Å². The predicted molar refractivity (Wildman–Crippen MR) is 93.6 cm³/mol. The molecule has 3 rings (SSSR count). The fraction of sp³-hybridized carbons (Fsp3) is 0.500. The van der Waals surface area contributed by atoms with E-state index in [1.165, 1.54) is 6.21 Å². The quantitative estimate of drug-likeness (QED) is 0.729. The third-order valence-corrected chi connectivity index (χ3v) is 4.40. The maximum Gasteiger partial charge on any atom is 0.230 e. The molecule has 1 fully saturated rings. The van der Waals surface area contributed by atoms with Crippen molar-refractivity contribution >= 4 is 11.9 Å². The highest BCUT2D eigenvalue weighted by Crippen LogP contribution is 2.33. The van der Waals surface area contributed by atoms with Gasteiger partial charge in [0.15, 0.2) is 0 Å². The molecule has 1 aliphatic rings. The average Bonchev–Trinajstić information content (AvgIpc) is 3.05. The third-order valence-electron chi connectivity index (χ3n) is 4.40. The molecule has 6 nitrogen and oxygen atoms in total. The van der Waals surface area contributed by atoms with Gasteiger partial charge in [-0.3, -0.25) is 0 Å². The van der Waals surface area contributed by atoms with Gasteiger partial charge in [-0.2, -0.15) is 4.98 Å². The molecule has 0 spiro atoms. The maximum absolute atomic E-state index is 9.62. The van der Waals surface area contributed by atoms with E-state index in [-0.39, 0.29) is 18.1 Å². The van der Waals surface area contributed by atoms with Crippen molar-refractivity contribution in [2.24, 2.45) is 0 Å². The Bertz CT molecular complexity index is 703. The zero-order chi connectivity index (χ0) is 17.1. The van der Waals surface area contributed by atoms with Gasteiger partial charge in [-0.15, -0.1) is 0 Å². The van der Waals surface area contributed by atoms with E-state index >= 15 is 0 Å². The number of nitrogens with one attached hydrogen (secondary N) is 2. The van der Waals surface area contributed by atoms with Crippen LogP contribution in [0.1, 0.15) is 56.9 Å². The van der Waals surface area contributed by atoms with E-state index in [0.717, 1.165) is 42.5 Å². The number of benzene rings is 1. The lowest BCUT2D eigenvalue weighted by Crippen LogP contribution is -2.17. The Kier molecular flexibility index (Phi) is 4.94. The lowest BCUT2D eigenvalue weighted by Gasteiger charge is -2.22. The number of hydrogen-bond acceptors (Lipinski definition) is 6. The van der Waals surface area contributed by atoms with Gasteiger partial charge in [0.05, 0.1) is 6.10 Å². The Hall–Kier alpha value is -2.21. The normalized spacial score (nSPS) is 21.0. The molecule has 0 radical (unpaired) electrons. The summed E-state index contributed by atoms with van der Waals surface area (Å²) < 4.78 is 5.46. The zero-order valence-electron chi connectivity index (χ0n) is 14.1. The molecule has 1 aromatic carbocycles.